The fraction of sp³-hybridized carbons (Fsp3) is 0.588. The van der Waals surface area contributed by atoms with Gasteiger partial charge >= 0.3 is 0 Å². The molecule has 1 aliphatic carbocycles. The van der Waals surface area contributed by atoms with Crippen molar-refractivity contribution in [2.24, 2.45) is 5.92 Å². The van der Waals surface area contributed by atoms with Crippen molar-refractivity contribution in [3.63, 3.8) is 0 Å². The van der Waals surface area contributed by atoms with Gasteiger partial charge in [0.25, 0.3) is 5.91 Å². The van der Waals surface area contributed by atoms with Crippen LogP contribution in [0.5, 0.6) is 0 Å². The van der Waals surface area contributed by atoms with Crippen molar-refractivity contribution in [2.75, 3.05) is 6.54 Å². The average molecular weight is 299 g/mol. The highest BCUT2D eigenvalue weighted by Crippen LogP contribution is 2.35. The van der Waals surface area contributed by atoms with Crippen LogP contribution in [-0.2, 0) is 0 Å². The van der Waals surface area contributed by atoms with E-state index in [1.54, 1.807) is 12.1 Å². The van der Waals surface area contributed by atoms with Crippen LogP contribution in [0.15, 0.2) is 18.3 Å². The quantitative estimate of drug-likeness (QED) is 0.907. The van der Waals surface area contributed by atoms with E-state index in [0.717, 1.165) is 45.1 Å². The van der Waals surface area contributed by atoms with E-state index in [1.165, 1.54) is 6.20 Å². The predicted octanol–water partition coefficient (Wildman–Crippen LogP) is 2.11. The van der Waals surface area contributed by atoms with Gasteiger partial charge in [-0.05, 0) is 37.8 Å². The molecule has 0 bridgehead atoms. The zero-order valence-electron chi connectivity index (χ0n) is 12.6. The molecule has 1 aromatic rings. The molecule has 2 aliphatic rings. The second-order valence-corrected chi connectivity index (χ2v) is 6.27. The van der Waals surface area contributed by atoms with E-state index in [4.69, 9.17) is 5.26 Å². The molecule has 0 unspecified atom stereocenters. The third kappa shape index (κ3) is 2.84. The van der Waals surface area contributed by atoms with Crippen molar-refractivity contribution in [1.29, 1.82) is 5.26 Å². The van der Waals surface area contributed by atoms with Crippen LogP contribution >= 0.6 is 0 Å². The van der Waals surface area contributed by atoms with Crippen molar-refractivity contribution >= 4 is 5.91 Å². The lowest BCUT2D eigenvalue weighted by atomic mass is 9.80. The predicted molar refractivity (Wildman–Crippen MR) is 81.0 cm³/mol. The summed E-state index contributed by atoms with van der Waals surface area (Å²) in [4.78, 5) is 18.6. The molecule has 116 valence electrons. The van der Waals surface area contributed by atoms with E-state index in [0.29, 0.717) is 5.56 Å². The molecule has 2 heterocycles. The van der Waals surface area contributed by atoms with E-state index < -0.39 is 0 Å². The highest BCUT2D eigenvalue weighted by molar-refractivity contribution is 5.94. The third-order valence-corrected chi connectivity index (χ3v) is 4.96. The first-order chi connectivity index (χ1) is 10.7. The number of aliphatic hydroxyl groups excluding tert-OH is 1. The van der Waals surface area contributed by atoms with Crippen LogP contribution in [0.25, 0.3) is 0 Å². The number of pyridine rings is 1. The lowest BCUT2D eigenvalue weighted by Gasteiger charge is -2.37. The van der Waals surface area contributed by atoms with Gasteiger partial charge in [0.1, 0.15) is 11.8 Å². The SMILES string of the molecule is N#Cc1cc(C(=O)N2CCC[C@@H]2[C@@H]2CCCC[C@@H]2O)ccn1. The topological polar surface area (TPSA) is 77.2 Å². The number of nitrogens with zero attached hydrogens (tertiary/aromatic N) is 3. The van der Waals surface area contributed by atoms with Crippen LogP contribution in [0, 0.1) is 17.2 Å². The Balaban J connectivity index is 1.80. The Bertz CT molecular complexity index is 596. The van der Waals surface area contributed by atoms with Gasteiger partial charge in [-0.2, -0.15) is 5.26 Å². The van der Waals surface area contributed by atoms with Gasteiger partial charge in [-0.1, -0.05) is 12.8 Å². The lowest BCUT2D eigenvalue weighted by Crippen LogP contribution is -2.45. The van der Waals surface area contributed by atoms with Crippen molar-refractivity contribution in [1.82, 2.24) is 9.88 Å². The van der Waals surface area contributed by atoms with Gasteiger partial charge < -0.3 is 10.0 Å². The molecular formula is C17H21N3O2. The molecule has 0 spiro atoms. The molecule has 5 nitrogen and oxygen atoms in total. The summed E-state index contributed by atoms with van der Waals surface area (Å²) in [6.45, 7) is 0.733. The van der Waals surface area contributed by atoms with Crippen molar-refractivity contribution < 1.29 is 9.90 Å². The first-order valence-electron chi connectivity index (χ1n) is 8.06. The first-order valence-corrected chi connectivity index (χ1v) is 8.06. The molecule has 3 rings (SSSR count). The van der Waals surface area contributed by atoms with Crippen LogP contribution < -0.4 is 0 Å². The molecule has 1 saturated carbocycles. The average Bonchev–Trinajstić information content (AvgIpc) is 3.04. The largest absolute Gasteiger partial charge is 0.393 e. The second kappa shape index (κ2) is 6.45. The number of likely N-dealkylation sites (tertiary alicyclic amines) is 1. The van der Waals surface area contributed by atoms with Gasteiger partial charge in [-0.15, -0.1) is 0 Å². The number of aliphatic hydroxyl groups is 1. The van der Waals surface area contributed by atoms with Crippen molar-refractivity contribution in [3.8, 4) is 6.07 Å². The second-order valence-electron chi connectivity index (χ2n) is 6.27. The summed E-state index contributed by atoms with van der Waals surface area (Å²) in [7, 11) is 0. The minimum atomic E-state index is -0.292. The number of amides is 1. The lowest BCUT2D eigenvalue weighted by molar-refractivity contribution is 0.0211. The Morgan fingerprint density at radius 2 is 2.14 bits per heavy atom. The molecule has 1 saturated heterocycles. The Morgan fingerprint density at radius 3 is 2.91 bits per heavy atom. The summed E-state index contributed by atoms with van der Waals surface area (Å²) < 4.78 is 0. The normalized spacial score (nSPS) is 28.4. The molecule has 22 heavy (non-hydrogen) atoms. The molecular weight excluding hydrogens is 278 g/mol. The number of rotatable bonds is 2. The van der Waals surface area contributed by atoms with Gasteiger partial charge in [0.15, 0.2) is 0 Å². The Labute approximate surface area is 130 Å². The van der Waals surface area contributed by atoms with Gasteiger partial charge in [0.2, 0.25) is 0 Å². The smallest absolute Gasteiger partial charge is 0.254 e. The molecule has 1 aliphatic heterocycles. The first kappa shape index (κ1) is 15.0. The number of hydrogen-bond donors (Lipinski definition) is 1. The number of carbonyl (C=O) groups is 1. The Morgan fingerprint density at radius 1 is 1.32 bits per heavy atom. The molecule has 1 aromatic heterocycles. The van der Waals surface area contributed by atoms with Gasteiger partial charge in [0.05, 0.1) is 6.10 Å². The molecule has 3 atom stereocenters. The van der Waals surface area contributed by atoms with Crippen LogP contribution in [0.4, 0.5) is 0 Å². The van der Waals surface area contributed by atoms with E-state index in [-0.39, 0.29) is 29.7 Å². The molecule has 0 radical (unpaired) electrons. The van der Waals surface area contributed by atoms with E-state index in [9.17, 15) is 9.90 Å². The van der Waals surface area contributed by atoms with Crippen LogP contribution in [0.1, 0.15) is 54.6 Å². The number of nitriles is 1. The van der Waals surface area contributed by atoms with Gasteiger partial charge in [-0.25, -0.2) is 4.98 Å². The summed E-state index contributed by atoms with van der Waals surface area (Å²) in [5, 5.41) is 19.2. The summed E-state index contributed by atoms with van der Waals surface area (Å²) >= 11 is 0. The minimum absolute atomic E-state index is 0.0424. The van der Waals surface area contributed by atoms with Crippen LogP contribution in [0.2, 0.25) is 0 Å². The molecule has 0 aromatic carbocycles. The number of hydrogen-bond acceptors (Lipinski definition) is 4. The number of carbonyl (C=O) groups excluding carboxylic acids is 1. The fourth-order valence-corrected chi connectivity index (χ4v) is 3.87. The van der Waals surface area contributed by atoms with Crippen LogP contribution in [-0.4, -0.2) is 39.6 Å². The molecule has 1 N–H and O–H groups in total. The van der Waals surface area contributed by atoms with Gasteiger partial charge in [0, 0.05) is 30.3 Å². The van der Waals surface area contributed by atoms with E-state index in [2.05, 4.69) is 4.98 Å². The van der Waals surface area contributed by atoms with Crippen molar-refractivity contribution in [3.05, 3.63) is 29.6 Å². The highest BCUT2D eigenvalue weighted by atomic mass is 16.3. The third-order valence-electron chi connectivity index (χ3n) is 4.96. The van der Waals surface area contributed by atoms with Crippen molar-refractivity contribution in [2.45, 2.75) is 50.7 Å². The zero-order chi connectivity index (χ0) is 15.5. The summed E-state index contributed by atoms with van der Waals surface area (Å²) in [5.74, 6) is 0.150. The fourth-order valence-electron chi connectivity index (χ4n) is 3.87. The van der Waals surface area contributed by atoms with E-state index in [1.807, 2.05) is 11.0 Å². The zero-order valence-corrected chi connectivity index (χ0v) is 12.6. The highest BCUT2D eigenvalue weighted by Gasteiger charge is 2.39. The standard InChI is InChI=1S/C17H21N3O2/c18-11-13-10-12(7-8-19-13)17(22)20-9-3-5-15(20)14-4-1-2-6-16(14)21/h7-8,10,14-16,21H,1-6,9H2/t14-,15+,16-/m0/s1. The minimum Gasteiger partial charge on any atom is -0.393 e. The van der Waals surface area contributed by atoms with Gasteiger partial charge in [-0.3, -0.25) is 4.79 Å². The van der Waals surface area contributed by atoms with Crippen LogP contribution in [0.3, 0.4) is 0 Å². The molecule has 5 heteroatoms. The maximum absolute atomic E-state index is 12.8. The summed E-state index contributed by atoms with van der Waals surface area (Å²) in [5.41, 5.74) is 0.781. The number of aromatic nitrogens is 1. The maximum atomic E-state index is 12.8. The molecule has 1 amide bonds. The summed E-state index contributed by atoms with van der Waals surface area (Å²) in [6, 6.07) is 5.31. The monoisotopic (exact) mass is 299 g/mol. The Hall–Kier alpha value is -1.93. The van der Waals surface area contributed by atoms with E-state index >= 15 is 0 Å². The maximum Gasteiger partial charge on any atom is 0.254 e. The molecule has 2 fully saturated rings. The summed E-state index contributed by atoms with van der Waals surface area (Å²) in [6.07, 6.45) is 7.21. The Kier molecular flexibility index (Phi) is 4.39.